The van der Waals surface area contributed by atoms with Crippen LogP contribution in [0.5, 0.6) is 0 Å². The molecule has 2 rings (SSSR count). The second-order valence-corrected chi connectivity index (χ2v) is 5.30. The normalized spacial score (nSPS) is 10.7. The number of halogens is 4. The van der Waals surface area contributed by atoms with Gasteiger partial charge in [0.2, 0.25) is 0 Å². The van der Waals surface area contributed by atoms with Gasteiger partial charge in [-0.25, -0.2) is 9.37 Å². The van der Waals surface area contributed by atoms with E-state index in [0.29, 0.717) is 26.9 Å². The van der Waals surface area contributed by atoms with Gasteiger partial charge in [-0.3, -0.25) is 0 Å². The fourth-order valence-corrected chi connectivity index (χ4v) is 2.57. The van der Waals surface area contributed by atoms with Gasteiger partial charge in [0.25, 0.3) is 0 Å². The van der Waals surface area contributed by atoms with Crippen molar-refractivity contribution in [1.29, 1.82) is 0 Å². The van der Waals surface area contributed by atoms with E-state index in [1.54, 1.807) is 10.8 Å². The smallest absolute Gasteiger partial charge is 0.128 e. The van der Waals surface area contributed by atoms with Crippen LogP contribution >= 0.6 is 39.1 Å². The molecular formula is C11H9BrCl2FN3. The highest BCUT2D eigenvalue weighted by molar-refractivity contribution is 9.10. The zero-order valence-electron chi connectivity index (χ0n) is 9.35. The first-order valence-electron chi connectivity index (χ1n) is 5.03. The second kappa shape index (κ2) is 5.47. The van der Waals surface area contributed by atoms with Crippen LogP contribution in [0.2, 0.25) is 10.2 Å². The maximum atomic E-state index is 13.1. The number of aromatic nitrogens is 2. The first kappa shape index (κ1) is 13.6. The summed E-state index contributed by atoms with van der Waals surface area (Å²) < 4.78 is 15.4. The molecule has 0 unspecified atom stereocenters. The summed E-state index contributed by atoms with van der Waals surface area (Å²) in [6.07, 6.45) is 1.57. The van der Waals surface area contributed by atoms with Crippen molar-refractivity contribution in [1.82, 2.24) is 9.55 Å². The summed E-state index contributed by atoms with van der Waals surface area (Å²) >= 11 is 15.1. The number of nitrogens with one attached hydrogen (secondary N) is 1. The Hall–Kier alpha value is -0.780. The van der Waals surface area contributed by atoms with Gasteiger partial charge < -0.3 is 9.88 Å². The third kappa shape index (κ3) is 2.79. The van der Waals surface area contributed by atoms with E-state index in [0.717, 1.165) is 5.82 Å². The highest BCUT2D eigenvalue weighted by Gasteiger charge is 2.10. The van der Waals surface area contributed by atoms with Crippen molar-refractivity contribution in [3.8, 4) is 0 Å². The number of hydrogen-bond donors (Lipinski definition) is 1. The lowest BCUT2D eigenvalue weighted by molar-refractivity contribution is 0.627. The highest BCUT2D eigenvalue weighted by Crippen LogP contribution is 2.32. The number of anilines is 1. The van der Waals surface area contributed by atoms with E-state index in [4.69, 9.17) is 23.2 Å². The number of nitrogens with zero attached hydrogens (tertiary/aromatic N) is 2. The van der Waals surface area contributed by atoms with Crippen LogP contribution in [0.3, 0.4) is 0 Å². The van der Waals surface area contributed by atoms with E-state index < -0.39 is 5.82 Å². The molecule has 0 saturated carbocycles. The number of benzene rings is 1. The van der Waals surface area contributed by atoms with Crippen LogP contribution in [-0.2, 0) is 13.6 Å². The Bertz CT molecular complexity index is 563. The Morgan fingerprint density at radius 3 is 2.72 bits per heavy atom. The van der Waals surface area contributed by atoms with Crippen molar-refractivity contribution in [2.45, 2.75) is 6.54 Å². The molecule has 1 aromatic heterocycles. The molecule has 1 heterocycles. The summed E-state index contributed by atoms with van der Waals surface area (Å²) in [6, 6.07) is 2.60. The van der Waals surface area contributed by atoms with Crippen molar-refractivity contribution in [2.24, 2.45) is 7.05 Å². The van der Waals surface area contributed by atoms with Crippen molar-refractivity contribution in [3.05, 3.63) is 44.6 Å². The van der Waals surface area contributed by atoms with Crippen molar-refractivity contribution < 1.29 is 4.39 Å². The molecule has 1 aromatic carbocycles. The minimum atomic E-state index is -0.391. The zero-order chi connectivity index (χ0) is 13.3. The quantitative estimate of drug-likeness (QED) is 0.895. The predicted molar refractivity (Wildman–Crippen MR) is 74.7 cm³/mol. The van der Waals surface area contributed by atoms with E-state index >= 15 is 0 Å². The summed E-state index contributed by atoms with van der Waals surface area (Å²) in [7, 11) is 1.81. The number of imidazole rings is 1. The van der Waals surface area contributed by atoms with E-state index in [-0.39, 0.29) is 0 Å². The van der Waals surface area contributed by atoms with Crippen LogP contribution in [0.1, 0.15) is 5.82 Å². The average molecular weight is 353 g/mol. The summed E-state index contributed by atoms with van der Waals surface area (Å²) in [5.74, 6) is 0.366. The van der Waals surface area contributed by atoms with Crippen molar-refractivity contribution >= 4 is 44.8 Å². The highest BCUT2D eigenvalue weighted by atomic mass is 79.9. The third-order valence-electron chi connectivity index (χ3n) is 2.46. The third-order valence-corrected chi connectivity index (χ3v) is 3.73. The Kier molecular flexibility index (Phi) is 4.14. The van der Waals surface area contributed by atoms with Gasteiger partial charge in [-0.05, 0) is 28.1 Å². The van der Waals surface area contributed by atoms with Crippen LogP contribution in [0.15, 0.2) is 22.8 Å². The van der Waals surface area contributed by atoms with Gasteiger partial charge in [-0.2, -0.15) is 0 Å². The molecule has 0 amide bonds. The fourth-order valence-electron chi connectivity index (χ4n) is 1.47. The molecule has 96 valence electrons. The molecule has 0 atom stereocenters. The topological polar surface area (TPSA) is 29.9 Å². The minimum absolute atomic E-state index is 0.308. The van der Waals surface area contributed by atoms with Crippen LogP contribution in [0, 0.1) is 5.82 Å². The maximum Gasteiger partial charge on any atom is 0.128 e. The summed E-state index contributed by atoms with van der Waals surface area (Å²) in [6.45, 7) is 0.438. The van der Waals surface area contributed by atoms with Gasteiger partial charge >= 0.3 is 0 Å². The standard InChI is InChI=1S/C11H9BrCl2FN3/c1-18-9(14)4-16-10(18)5-17-11-7(12)2-6(15)3-8(11)13/h2-4,17H,5H2,1H3. The first-order chi connectivity index (χ1) is 8.49. The fraction of sp³-hybridized carbons (Fsp3) is 0.182. The molecule has 0 aliphatic carbocycles. The Labute approximate surface area is 122 Å². The van der Waals surface area contributed by atoms with E-state index in [1.165, 1.54) is 12.1 Å². The lowest BCUT2D eigenvalue weighted by Crippen LogP contribution is -2.07. The van der Waals surface area contributed by atoms with Gasteiger partial charge in [0.15, 0.2) is 0 Å². The van der Waals surface area contributed by atoms with Crippen LogP contribution < -0.4 is 5.32 Å². The Balaban J connectivity index is 2.18. The molecule has 0 fully saturated rings. The molecule has 0 aliphatic heterocycles. The molecule has 0 radical (unpaired) electrons. The summed E-state index contributed by atoms with van der Waals surface area (Å²) in [4.78, 5) is 4.14. The van der Waals surface area contributed by atoms with Crippen molar-refractivity contribution in [2.75, 3.05) is 5.32 Å². The van der Waals surface area contributed by atoms with Gasteiger partial charge in [0.05, 0.1) is 23.5 Å². The molecule has 0 bridgehead atoms. The lowest BCUT2D eigenvalue weighted by atomic mass is 10.3. The number of rotatable bonds is 3. The van der Waals surface area contributed by atoms with Gasteiger partial charge in [-0.1, -0.05) is 23.2 Å². The molecule has 0 aliphatic rings. The lowest BCUT2D eigenvalue weighted by Gasteiger charge is -2.10. The largest absolute Gasteiger partial charge is 0.376 e. The zero-order valence-corrected chi connectivity index (χ0v) is 12.4. The number of hydrogen-bond acceptors (Lipinski definition) is 2. The van der Waals surface area contributed by atoms with Gasteiger partial charge in [0, 0.05) is 11.5 Å². The molecule has 0 saturated heterocycles. The van der Waals surface area contributed by atoms with Crippen LogP contribution in [0.25, 0.3) is 0 Å². The molecule has 3 nitrogen and oxygen atoms in total. The average Bonchev–Trinajstić information content (AvgIpc) is 2.59. The summed E-state index contributed by atoms with van der Waals surface area (Å²) in [5.41, 5.74) is 0.622. The summed E-state index contributed by atoms with van der Waals surface area (Å²) in [5, 5.41) is 3.95. The Morgan fingerprint density at radius 2 is 2.17 bits per heavy atom. The van der Waals surface area contributed by atoms with Gasteiger partial charge in [0.1, 0.15) is 16.8 Å². The molecule has 7 heteroatoms. The predicted octanol–water partition coefficient (Wildman–Crippen LogP) is 4.24. The van der Waals surface area contributed by atoms with E-state index in [1.807, 2.05) is 7.05 Å². The maximum absolute atomic E-state index is 13.1. The molecule has 2 aromatic rings. The van der Waals surface area contributed by atoms with Crippen LogP contribution in [0.4, 0.5) is 10.1 Å². The van der Waals surface area contributed by atoms with Crippen LogP contribution in [-0.4, -0.2) is 9.55 Å². The second-order valence-electron chi connectivity index (χ2n) is 3.65. The molecule has 18 heavy (non-hydrogen) atoms. The SMILES string of the molecule is Cn1c(Cl)cnc1CNc1c(Cl)cc(F)cc1Br. The van der Waals surface area contributed by atoms with Gasteiger partial charge in [-0.15, -0.1) is 0 Å². The molecular weight excluding hydrogens is 344 g/mol. The molecule has 1 N–H and O–H groups in total. The van der Waals surface area contributed by atoms with E-state index in [2.05, 4.69) is 26.2 Å². The monoisotopic (exact) mass is 351 g/mol. The van der Waals surface area contributed by atoms with Crippen molar-refractivity contribution in [3.63, 3.8) is 0 Å². The molecule has 0 spiro atoms. The first-order valence-corrected chi connectivity index (χ1v) is 6.58. The minimum Gasteiger partial charge on any atom is -0.376 e. The van der Waals surface area contributed by atoms with E-state index in [9.17, 15) is 4.39 Å². The Morgan fingerprint density at radius 1 is 1.44 bits per heavy atom.